The Balaban J connectivity index is 1.60. The fourth-order valence-corrected chi connectivity index (χ4v) is 4.51. The number of hydrogen-bond donors (Lipinski definition) is 1. The van der Waals surface area contributed by atoms with E-state index in [2.05, 4.69) is 4.98 Å². The van der Waals surface area contributed by atoms with Gasteiger partial charge in [-0.3, -0.25) is 14.6 Å². The quantitative estimate of drug-likeness (QED) is 0.393. The lowest BCUT2D eigenvalue weighted by Gasteiger charge is -2.23. The molecule has 0 bridgehead atoms. The minimum atomic E-state index is -0.792. The van der Waals surface area contributed by atoms with Crippen molar-refractivity contribution in [2.24, 2.45) is 0 Å². The smallest absolute Gasteiger partial charge is 0.296 e. The third-order valence-electron chi connectivity index (χ3n) is 6.08. The number of aliphatic hydroxyl groups excluding tert-OH is 1. The molecule has 6 nitrogen and oxygen atoms in total. The van der Waals surface area contributed by atoms with Crippen LogP contribution in [-0.4, -0.2) is 26.7 Å². The van der Waals surface area contributed by atoms with Crippen LogP contribution >= 0.6 is 0 Å². The molecule has 1 amide bonds. The van der Waals surface area contributed by atoms with Crippen molar-refractivity contribution in [1.29, 1.82) is 0 Å². The van der Waals surface area contributed by atoms with Crippen molar-refractivity contribution in [2.75, 3.05) is 0 Å². The molecule has 2 aromatic heterocycles. The van der Waals surface area contributed by atoms with E-state index in [4.69, 9.17) is 4.42 Å². The van der Waals surface area contributed by atoms with Crippen LogP contribution in [0.1, 0.15) is 46.9 Å². The highest BCUT2D eigenvalue weighted by Crippen LogP contribution is 2.40. The van der Waals surface area contributed by atoms with Crippen LogP contribution in [0, 0.1) is 0 Å². The summed E-state index contributed by atoms with van der Waals surface area (Å²) in [6, 6.07) is 12.0. The zero-order chi connectivity index (χ0) is 21.4. The lowest BCUT2D eigenvalue weighted by molar-refractivity contribution is -0.140. The highest BCUT2D eigenvalue weighted by Gasteiger charge is 2.47. The van der Waals surface area contributed by atoms with Gasteiger partial charge in [-0.1, -0.05) is 12.1 Å². The predicted octanol–water partition coefficient (Wildman–Crippen LogP) is 4.18. The Labute approximate surface area is 179 Å². The summed E-state index contributed by atoms with van der Waals surface area (Å²) in [5, 5.41) is 11.2. The summed E-state index contributed by atoms with van der Waals surface area (Å²) in [6.07, 6.45) is 9.03. The van der Waals surface area contributed by atoms with Gasteiger partial charge in [0.1, 0.15) is 17.6 Å². The first-order valence-electron chi connectivity index (χ1n) is 10.5. The van der Waals surface area contributed by atoms with Gasteiger partial charge in [-0.25, -0.2) is 0 Å². The van der Waals surface area contributed by atoms with Gasteiger partial charge in [0.05, 0.1) is 11.8 Å². The number of fused-ring (bicyclic) bond motifs is 1. The average Bonchev–Trinajstić information content (AvgIpc) is 3.42. The molecule has 31 heavy (non-hydrogen) atoms. The molecule has 0 saturated carbocycles. The molecule has 5 rings (SSSR count). The summed E-state index contributed by atoms with van der Waals surface area (Å²) in [6.45, 7) is 0.208. The van der Waals surface area contributed by atoms with Gasteiger partial charge in [-0.05, 0) is 72.7 Å². The third-order valence-corrected chi connectivity index (χ3v) is 6.08. The van der Waals surface area contributed by atoms with Gasteiger partial charge in [0.25, 0.3) is 11.7 Å². The molecule has 2 aliphatic rings. The molecule has 1 saturated heterocycles. The SMILES string of the molecule is O=C1C(=O)N(Cc2ccncc2)C(c2ccco2)/C1=C(/O)c1ccc2c(c1)CCCC2. The van der Waals surface area contributed by atoms with Gasteiger partial charge >= 0.3 is 0 Å². The number of amides is 1. The molecule has 1 aromatic carbocycles. The topological polar surface area (TPSA) is 83.6 Å². The summed E-state index contributed by atoms with van der Waals surface area (Å²) in [5.41, 5.74) is 3.92. The highest BCUT2D eigenvalue weighted by atomic mass is 16.3. The van der Waals surface area contributed by atoms with Crippen molar-refractivity contribution in [2.45, 2.75) is 38.3 Å². The second kappa shape index (κ2) is 7.87. The van der Waals surface area contributed by atoms with Crippen molar-refractivity contribution in [1.82, 2.24) is 9.88 Å². The first-order chi connectivity index (χ1) is 15.1. The summed E-state index contributed by atoms with van der Waals surface area (Å²) in [5.74, 6) is -1.08. The number of carbonyl (C=O) groups is 2. The highest BCUT2D eigenvalue weighted by molar-refractivity contribution is 6.46. The number of nitrogens with zero attached hydrogens (tertiary/aromatic N) is 2. The number of rotatable bonds is 4. The minimum absolute atomic E-state index is 0.0600. The number of Topliss-reactive ketones (excluding diaryl/α,β-unsaturated/α-hetero) is 1. The second-order valence-corrected chi connectivity index (χ2v) is 7.99. The van der Waals surface area contributed by atoms with Crippen molar-refractivity contribution in [3.8, 4) is 0 Å². The Morgan fingerprint density at radius 1 is 1.06 bits per heavy atom. The van der Waals surface area contributed by atoms with Crippen LogP contribution in [-0.2, 0) is 29.0 Å². The van der Waals surface area contributed by atoms with Gasteiger partial charge < -0.3 is 14.4 Å². The molecular weight excluding hydrogens is 392 g/mol. The number of pyridine rings is 1. The Hall–Kier alpha value is -3.67. The summed E-state index contributed by atoms with van der Waals surface area (Å²) >= 11 is 0. The van der Waals surface area contributed by atoms with Crippen LogP contribution in [0.15, 0.2) is 71.1 Å². The van der Waals surface area contributed by atoms with Crippen LogP contribution in [0.25, 0.3) is 5.76 Å². The van der Waals surface area contributed by atoms with Crippen LogP contribution in [0.2, 0.25) is 0 Å². The van der Waals surface area contributed by atoms with Gasteiger partial charge in [-0.15, -0.1) is 0 Å². The first kappa shape index (κ1) is 19.3. The Bertz CT molecular complexity index is 1170. The molecule has 156 valence electrons. The van der Waals surface area contributed by atoms with Crippen molar-refractivity contribution < 1.29 is 19.1 Å². The fraction of sp³-hybridized carbons (Fsp3) is 0.240. The molecular formula is C25H22N2O4. The number of benzene rings is 1. The number of likely N-dealkylation sites (tertiary alicyclic amines) is 1. The standard InChI is InChI=1S/C25H22N2O4/c28-23(19-8-7-17-4-1-2-5-18(17)14-19)21-22(20-6-3-13-31-20)27(25(30)24(21)29)15-16-9-11-26-12-10-16/h3,6-14,22,28H,1-2,4-5,15H2/b23-21-. The Morgan fingerprint density at radius 3 is 2.58 bits per heavy atom. The van der Waals surface area contributed by atoms with E-state index >= 15 is 0 Å². The van der Waals surface area contributed by atoms with Crippen LogP contribution in [0.4, 0.5) is 0 Å². The minimum Gasteiger partial charge on any atom is -0.507 e. The number of aryl methyl sites for hydroxylation is 2. The van der Waals surface area contributed by atoms with Crippen LogP contribution in [0.5, 0.6) is 0 Å². The van der Waals surface area contributed by atoms with E-state index in [1.54, 1.807) is 36.7 Å². The molecule has 6 heteroatoms. The zero-order valence-electron chi connectivity index (χ0n) is 17.0. The molecule has 0 radical (unpaired) electrons. The third kappa shape index (κ3) is 3.44. The number of furan rings is 1. The van der Waals surface area contributed by atoms with E-state index in [9.17, 15) is 14.7 Å². The maximum atomic E-state index is 13.1. The average molecular weight is 414 g/mol. The summed E-state index contributed by atoms with van der Waals surface area (Å²) in [4.78, 5) is 31.5. The second-order valence-electron chi connectivity index (χ2n) is 7.99. The lowest BCUT2D eigenvalue weighted by Crippen LogP contribution is -2.29. The molecule has 1 fully saturated rings. The summed E-state index contributed by atoms with van der Waals surface area (Å²) in [7, 11) is 0. The maximum absolute atomic E-state index is 13.1. The molecule has 1 aliphatic carbocycles. The molecule has 1 aliphatic heterocycles. The number of carbonyl (C=O) groups excluding carboxylic acids is 2. The van der Waals surface area contributed by atoms with E-state index in [0.717, 1.165) is 31.2 Å². The maximum Gasteiger partial charge on any atom is 0.296 e. The van der Waals surface area contributed by atoms with E-state index in [-0.39, 0.29) is 17.9 Å². The first-order valence-corrected chi connectivity index (χ1v) is 10.5. The van der Waals surface area contributed by atoms with Crippen molar-refractivity contribution in [3.63, 3.8) is 0 Å². The van der Waals surface area contributed by atoms with Gasteiger partial charge in [0.2, 0.25) is 0 Å². The molecule has 0 spiro atoms. The normalized spacial score (nSPS) is 20.1. The molecule has 1 atom stereocenters. The zero-order valence-corrected chi connectivity index (χ0v) is 17.0. The molecule has 3 aromatic rings. The van der Waals surface area contributed by atoms with Gasteiger partial charge in [-0.2, -0.15) is 0 Å². The molecule has 1 N–H and O–H groups in total. The van der Waals surface area contributed by atoms with E-state index in [0.29, 0.717) is 11.3 Å². The summed E-state index contributed by atoms with van der Waals surface area (Å²) < 4.78 is 5.59. The Morgan fingerprint density at radius 2 is 1.84 bits per heavy atom. The monoisotopic (exact) mass is 414 g/mol. The number of aromatic nitrogens is 1. The van der Waals surface area contributed by atoms with Crippen molar-refractivity contribution >= 4 is 17.4 Å². The van der Waals surface area contributed by atoms with Crippen LogP contribution in [0.3, 0.4) is 0 Å². The molecule has 1 unspecified atom stereocenters. The number of hydrogen-bond acceptors (Lipinski definition) is 5. The van der Waals surface area contributed by atoms with E-state index in [1.165, 1.54) is 22.3 Å². The molecule has 3 heterocycles. The van der Waals surface area contributed by atoms with Gasteiger partial charge in [0.15, 0.2) is 0 Å². The van der Waals surface area contributed by atoms with E-state index in [1.807, 2.05) is 18.2 Å². The largest absolute Gasteiger partial charge is 0.507 e. The number of ketones is 1. The number of aliphatic hydroxyl groups is 1. The van der Waals surface area contributed by atoms with Gasteiger partial charge in [0, 0.05) is 24.5 Å². The Kier molecular flexibility index (Phi) is 4.90. The fourth-order valence-electron chi connectivity index (χ4n) is 4.51. The van der Waals surface area contributed by atoms with Crippen molar-refractivity contribution in [3.05, 3.63) is 94.7 Å². The predicted molar refractivity (Wildman–Crippen MR) is 114 cm³/mol. The van der Waals surface area contributed by atoms with Crippen LogP contribution < -0.4 is 0 Å². The lowest BCUT2D eigenvalue weighted by atomic mass is 9.89. The van der Waals surface area contributed by atoms with E-state index < -0.39 is 17.7 Å².